The summed E-state index contributed by atoms with van der Waals surface area (Å²) in [5, 5.41) is 0. The minimum absolute atomic E-state index is 0.675. The Hall–Kier alpha value is -1.04. The largest absolute Gasteiger partial charge is 0.0988 e. The minimum Gasteiger partial charge on any atom is -0.0988 e. The molecule has 0 aromatic rings. The van der Waals surface area contributed by atoms with Gasteiger partial charge in [-0.25, -0.2) is 0 Å². The van der Waals surface area contributed by atoms with E-state index in [1.54, 1.807) is 0 Å². The van der Waals surface area contributed by atoms with Crippen molar-refractivity contribution in [2.75, 3.05) is 0 Å². The molecule has 0 spiro atoms. The van der Waals surface area contributed by atoms with Gasteiger partial charge in [0.2, 0.25) is 0 Å². The van der Waals surface area contributed by atoms with Gasteiger partial charge in [-0.15, -0.1) is 0 Å². The molecule has 0 N–H and O–H groups in total. The van der Waals surface area contributed by atoms with E-state index in [-0.39, 0.29) is 0 Å². The predicted molar refractivity (Wildman–Crippen MR) is 77.7 cm³/mol. The van der Waals surface area contributed by atoms with E-state index in [2.05, 4.69) is 46.9 Å². The third kappa shape index (κ3) is 6.44. The van der Waals surface area contributed by atoms with Crippen LogP contribution in [0.2, 0.25) is 0 Å². The van der Waals surface area contributed by atoms with Crippen LogP contribution in [-0.4, -0.2) is 0 Å². The van der Waals surface area contributed by atoms with Crippen LogP contribution in [0.3, 0.4) is 0 Å². The van der Waals surface area contributed by atoms with Crippen molar-refractivity contribution in [3.05, 3.63) is 48.1 Å². The highest BCUT2D eigenvalue weighted by molar-refractivity contribution is 5.45. The molecule has 0 aromatic heterocycles. The molecule has 0 aliphatic carbocycles. The van der Waals surface area contributed by atoms with Crippen molar-refractivity contribution < 1.29 is 0 Å². The molecule has 0 bridgehead atoms. The maximum absolute atomic E-state index is 3.86. The summed E-state index contributed by atoms with van der Waals surface area (Å²) in [5.74, 6) is 0.675. The third-order valence-electron chi connectivity index (χ3n) is 2.26. The molecule has 0 heteroatoms. The highest BCUT2D eigenvalue weighted by Crippen LogP contribution is 2.23. The maximum Gasteiger partial charge on any atom is -0.0205 e. The van der Waals surface area contributed by atoms with E-state index in [9.17, 15) is 0 Å². The van der Waals surface area contributed by atoms with E-state index in [4.69, 9.17) is 0 Å². The van der Waals surface area contributed by atoms with Crippen LogP contribution in [0.4, 0.5) is 0 Å². The summed E-state index contributed by atoms with van der Waals surface area (Å²) in [6.07, 6.45) is 7.09. The van der Waals surface area contributed by atoms with E-state index >= 15 is 0 Å². The average Bonchev–Trinajstić information content (AvgIpc) is 2.30. The molecule has 0 saturated carbocycles. The van der Waals surface area contributed by atoms with Crippen molar-refractivity contribution in [1.82, 2.24) is 0 Å². The lowest BCUT2D eigenvalue weighted by Gasteiger charge is -2.12. The van der Waals surface area contributed by atoms with Gasteiger partial charge < -0.3 is 0 Å². The van der Waals surface area contributed by atoms with E-state index in [1.807, 2.05) is 26.0 Å². The topological polar surface area (TPSA) is 0 Å². The fourth-order valence-corrected chi connectivity index (χ4v) is 1.48. The van der Waals surface area contributed by atoms with Gasteiger partial charge in [-0.2, -0.15) is 0 Å². The Balaban J connectivity index is 0. The number of allylic oxidation sites excluding steroid dienone is 6. The Morgan fingerprint density at radius 1 is 1.12 bits per heavy atom. The Kier molecular flexibility index (Phi) is 11.4. The van der Waals surface area contributed by atoms with Crippen LogP contribution in [0.5, 0.6) is 0 Å². The zero-order valence-corrected chi connectivity index (χ0v) is 11.9. The summed E-state index contributed by atoms with van der Waals surface area (Å²) < 4.78 is 0. The van der Waals surface area contributed by atoms with Crippen molar-refractivity contribution in [3.8, 4) is 0 Å². The molecule has 0 atom stereocenters. The molecule has 92 valence electrons. The predicted octanol–water partition coefficient (Wildman–Crippen LogP) is 5.69. The average molecular weight is 220 g/mol. The second kappa shape index (κ2) is 10.5. The van der Waals surface area contributed by atoms with Gasteiger partial charge in [0.1, 0.15) is 0 Å². The van der Waals surface area contributed by atoms with Crippen molar-refractivity contribution in [2.45, 2.75) is 48.0 Å². The Morgan fingerprint density at radius 3 is 1.88 bits per heavy atom. The normalized spacial score (nSPS) is 12.6. The number of hydrogen-bond donors (Lipinski definition) is 0. The van der Waals surface area contributed by atoms with Gasteiger partial charge in [-0.3, -0.25) is 0 Å². The first kappa shape index (κ1) is 17.4. The third-order valence-corrected chi connectivity index (χ3v) is 2.26. The van der Waals surface area contributed by atoms with Crippen LogP contribution in [0.15, 0.2) is 48.1 Å². The molecule has 0 aromatic carbocycles. The van der Waals surface area contributed by atoms with Gasteiger partial charge >= 0.3 is 0 Å². The van der Waals surface area contributed by atoms with Crippen LogP contribution in [0.1, 0.15) is 48.0 Å². The minimum atomic E-state index is 0.675. The van der Waals surface area contributed by atoms with E-state index in [0.717, 1.165) is 6.42 Å². The fraction of sp³-hybridized carbons (Fsp3) is 0.500. The monoisotopic (exact) mass is 220 g/mol. The Morgan fingerprint density at radius 2 is 1.62 bits per heavy atom. The SMILES string of the molecule is C=C/C(C)=C(C=C)/C(=C\C)CC(C)C.CC. The van der Waals surface area contributed by atoms with Gasteiger partial charge in [0.05, 0.1) is 0 Å². The Bertz CT molecular complexity index is 262. The smallest absolute Gasteiger partial charge is 0.0205 e. The van der Waals surface area contributed by atoms with E-state index < -0.39 is 0 Å². The quantitative estimate of drug-likeness (QED) is 0.522. The number of rotatable bonds is 5. The van der Waals surface area contributed by atoms with Gasteiger partial charge in [0, 0.05) is 0 Å². The first-order valence-corrected chi connectivity index (χ1v) is 6.18. The molecule has 0 heterocycles. The van der Waals surface area contributed by atoms with E-state index in [1.165, 1.54) is 16.7 Å². The van der Waals surface area contributed by atoms with Crippen LogP contribution >= 0.6 is 0 Å². The van der Waals surface area contributed by atoms with Gasteiger partial charge in [0.15, 0.2) is 0 Å². The standard InChI is InChI=1S/C14H22.C2H6/c1-7-12(6)14(9-3)13(8-2)10-11(4)5;1-2/h7-9,11H,1,3,10H2,2,4-6H3;1-2H3/b13-8-,14-12+;. The molecular weight excluding hydrogens is 192 g/mol. The number of hydrogen-bond acceptors (Lipinski definition) is 0. The zero-order chi connectivity index (χ0) is 13.1. The zero-order valence-electron chi connectivity index (χ0n) is 11.9. The first-order chi connectivity index (χ1) is 7.56. The molecule has 0 amide bonds. The fourth-order valence-electron chi connectivity index (χ4n) is 1.48. The van der Waals surface area contributed by atoms with Gasteiger partial charge in [-0.1, -0.05) is 59.1 Å². The lowest BCUT2D eigenvalue weighted by Crippen LogP contribution is -1.95. The summed E-state index contributed by atoms with van der Waals surface area (Å²) in [5.41, 5.74) is 3.80. The second-order valence-electron chi connectivity index (χ2n) is 3.92. The van der Waals surface area contributed by atoms with Crippen molar-refractivity contribution >= 4 is 0 Å². The lowest BCUT2D eigenvalue weighted by atomic mass is 9.93. The summed E-state index contributed by atoms with van der Waals surface area (Å²) in [6, 6.07) is 0. The molecule has 0 saturated heterocycles. The maximum atomic E-state index is 3.86. The molecule has 0 fully saturated rings. The molecule has 0 unspecified atom stereocenters. The second-order valence-corrected chi connectivity index (χ2v) is 3.92. The van der Waals surface area contributed by atoms with Crippen molar-refractivity contribution in [1.29, 1.82) is 0 Å². The molecular formula is C16H28. The van der Waals surface area contributed by atoms with Gasteiger partial charge in [0.25, 0.3) is 0 Å². The van der Waals surface area contributed by atoms with Crippen LogP contribution in [-0.2, 0) is 0 Å². The van der Waals surface area contributed by atoms with E-state index in [0.29, 0.717) is 5.92 Å². The molecule has 16 heavy (non-hydrogen) atoms. The molecule has 0 aliphatic rings. The highest BCUT2D eigenvalue weighted by atomic mass is 14.1. The van der Waals surface area contributed by atoms with Gasteiger partial charge in [-0.05, 0) is 42.9 Å². The highest BCUT2D eigenvalue weighted by Gasteiger charge is 2.05. The summed E-state index contributed by atoms with van der Waals surface area (Å²) >= 11 is 0. The van der Waals surface area contributed by atoms with Crippen molar-refractivity contribution in [3.63, 3.8) is 0 Å². The van der Waals surface area contributed by atoms with Crippen LogP contribution < -0.4 is 0 Å². The Labute approximate surface area is 102 Å². The summed E-state index contributed by atoms with van der Waals surface area (Å²) in [7, 11) is 0. The molecule has 0 nitrogen and oxygen atoms in total. The molecule has 0 rings (SSSR count). The van der Waals surface area contributed by atoms with Crippen molar-refractivity contribution in [2.24, 2.45) is 5.92 Å². The molecule has 0 aliphatic heterocycles. The van der Waals surface area contributed by atoms with Crippen LogP contribution in [0.25, 0.3) is 0 Å². The van der Waals surface area contributed by atoms with Crippen LogP contribution in [0, 0.1) is 5.92 Å². The summed E-state index contributed by atoms with van der Waals surface area (Å²) in [4.78, 5) is 0. The summed E-state index contributed by atoms with van der Waals surface area (Å²) in [6.45, 7) is 20.3. The molecule has 0 radical (unpaired) electrons. The first-order valence-electron chi connectivity index (χ1n) is 6.18. The lowest BCUT2D eigenvalue weighted by molar-refractivity contribution is 0.646.